The van der Waals surface area contributed by atoms with Crippen LogP contribution >= 0.6 is 0 Å². The van der Waals surface area contributed by atoms with Gasteiger partial charge >= 0.3 is 0 Å². The molecule has 120 valence electrons. The lowest BCUT2D eigenvalue weighted by molar-refractivity contribution is -0.125. The van der Waals surface area contributed by atoms with E-state index in [1.54, 1.807) is 13.3 Å². The number of ether oxygens (including phenoxy) is 1. The molecule has 2 aromatic carbocycles. The minimum Gasteiger partial charge on any atom is -0.497 e. The Morgan fingerprint density at radius 3 is 2.61 bits per heavy atom. The standard InChI is InChI=1S/C18H20N2O3/c1-14-5-3-4-6-16(14)12-19-18(21)13-23-20-11-15-7-9-17(22-2)10-8-15/h3-11H,12-13H2,1-2H3,(H,19,21)/b20-11-. The summed E-state index contributed by atoms with van der Waals surface area (Å²) in [6, 6.07) is 15.3. The zero-order valence-corrected chi connectivity index (χ0v) is 13.3. The number of rotatable bonds is 7. The van der Waals surface area contributed by atoms with Crippen LogP contribution in [0.3, 0.4) is 0 Å². The molecular weight excluding hydrogens is 292 g/mol. The minimum absolute atomic E-state index is 0.113. The van der Waals surface area contributed by atoms with Gasteiger partial charge in [0.1, 0.15) is 5.75 Å². The van der Waals surface area contributed by atoms with Gasteiger partial charge in [-0.2, -0.15) is 0 Å². The molecule has 5 nitrogen and oxygen atoms in total. The summed E-state index contributed by atoms with van der Waals surface area (Å²) in [6.45, 7) is 2.38. The van der Waals surface area contributed by atoms with Crippen molar-refractivity contribution in [3.05, 3.63) is 65.2 Å². The Hall–Kier alpha value is -2.82. The summed E-state index contributed by atoms with van der Waals surface area (Å²) < 4.78 is 5.07. The van der Waals surface area contributed by atoms with Crippen LogP contribution < -0.4 is 10.1 Å². The third-order valence-corrected chi connectivity index (χ3v) is 3.33. The summed E-state index contributed by atoms with van der Waals surface area (Å²) in [7, 11) is 1.61. The fourth-order valence-corrected chi connectivity index (χ4v) is 1.94. The Bertz CT molecular complexity index is 666. The van der Waals surface area contributed by atoms with Gasteiger partial charge in [0.2, 0.25) is 0 Å². The first-order valence-corrected chi connectivity index (χ1v) is 7.29. The van der Waals surface area contributed by atoms with E-state index in [0.29, 0.717) is 6.54 Å². The lowest BCUT2D eigenvalue weighted by Crippen LogP contribution is -2.26. The van der Waals surface area contributed by atoms with Crippen LogP contribution in [0.2, 0.25) is 0 Å². The van der Waals surface area contributed by atoms with Crippen molar-refractivity contribution < 1.29 is 14.4 Å². The SMILES string of the molecule is COc1ccc(/C=N\OCC(=O)NCc2ccccc2C)cc1. The van der Waals surface area contributed by atoms with Gasteiger partial charge in [0.15, 0.2) is 6.61 Å². The maximum Gasteiger partial charge on any atom is 0.261 e. The molecule has 0 aromatic heterocycles. The van der Waals surface area contributed by atoms with Crippen LogP contribution in [0.1, 0.15) is 16.7 Å². The van der Waals surface area contributed by atoms with Crippen LogP contribution in [-0.4, -0.2) is 25.8 Å². The van der Waals surface area contributed by atoms with Crippen LogP contribution in [0.25, 0.3) is 0 Å². The Balaban J connectivity index is 1.72. The molecule has 0 fully saturated rings. The van der Waals surface area contributed by atoms with Gasteiger partial charge < -0.3 is 14.9 Å². The van der Waals surface area contributed by atoms with Crippen molar-refractivity contribution in [2.45, 2.75) is 13.5 Å². The Labute approximate surface area is 135 Å². The van der Waals surface area contributed by atoms with E-state index in [2.05, 4.69) is 10.5 Å². The van der Waals surface area contributed by atoms with Gasteiger partial charge in [-0.1, -0.05) is 29.4 Å². The van der Waals surface area contributed by atoms with Crippen LogP contribution in [0, 0.1) is 6.92 Å². The van der Waals surface area contributed by atoms with E-state index in [-0.39, 0.29) is 12.5 Å². The maximum absolute atomic E-state index is 11.7. The fourth-order valence-electron chi connectivity index (χ4n) is 1.94. The largest absolute Gasteiger partial charge is 0.497 e. The number of nitrogens with zero attached hydrogens (tertiary/aromatic N) is 1. The smallest absolute Gasteiger partial charge is 0.261 e. The van der Waals surface area contributed by atoms with Gasteiger partial charge in [-0.15, -0.1) is 0 Å². The number of amides is 1. The Morgan fingerprint density at radius 2 is 1.91 bits per heavy atom. The number of oxime groups is 1. The second kappa shape index (κ2) is 8.58. The van der Waals surface area contributed by atoms with Crippen LogP contribution in [0.4, 0.5) is 0 Å². The minimum atomic E-state index is -0.208. The van der Waals surface area contributed by atoms with Gasteiger partial charge in [-0.25, -0.2) is 0 Å². The van der Waals surface area contributed by atoms with E-state index in [0.717, 1.165) is 22.4 Å². The molecule has 0 atom stereocenters. The molecule has 0 bridgehead atoms. The fraction of sp³-hybridized carbons (Fsp3) is 0.222. The van der Waals surface area contributed by atoms with Crippen molar-refractivity contribution in [3.63, 3.8) is 0 Å². The number of nitrogens with one attached hydrogen (secondary N) is 1. The molecule has 1 amide bonds. The number of aryl methyl sites for hydroxylation is 1. The maximum atomic E-state index is 11.7. The quantitative estimate of drug-likeness (QED) is 0.631. The van der Waals surface area contributed by atoms with Gasteiger partial charge in [-0.3, -0.25) is 4.79 Å². The lowest BCUT2D eigenvalue weighted by atomic mass is 10.1. The molecule has 0 spiro atoms. The van der Waals surface area contributed by atoms with Gasteiger partial charge in [-0.05, 0) is 47.9 Å². The molecule has 0 radical (unpaired) electrons. The number of hydrogen-bond acceptors (Lipinski definition) is 4. The van der Waals surface area contributed by atoms with Crippen molar-refractivity contribution >= 4 is 12.1 Å². The third kappa shape index (κ3) is 5.47. The molecule has 0 aliphatic carbocycles. The number of methoxy groups -OCH3 is 1. The van der Waals surface area contributed by atoms with Crippen LogP contribution in [-0.2, 0) is 16.2 Å². The number of carbonyl (C=O) groups excluding carboxylic acids is 1. The normalized spacial score (nSPS) is 10.5. The first kappa shape index (κ1) is 16.5. The zero-order valence-electron chi connectivity index (χ0n) is 13.3. The van der Waals surface area contributed by atoms with E-state index in [4.69, 9.17) is 9.57 Å². The summed E-state index contributed by atoms with van der Waals surface area (Å²) in [5, 5.41) is 6.58. The lowest BCUT2D eigenvalue weighted by Gasteiger charge is -2.07. The summed E-state index contributed by atoms with van der Waals surface area (Å²) in [6.07, 6.45) is 1.55. The summed E-state index contributed by atoms with van der Waals surface area (Å²) in [5.41, 5.74) is 3.10. The molecule has 0 aliphatic heterocycles. The monoisotopic (exact) mass is 312 g/mol. The van der Waals surface area contributed by atoms with E-state index in [1.165, 1.54) is 0 Å². The summed E-state index contributed by atoms with van der Waals surface area (Å²) >= 11 is 0. The van der Waals surface area contributed by atoms with E-state index >= 15 is 0 Å². The van der Waals surface area contributed by atoms with Crippen LogP contribution in [0.15, 0.2) is 53.7 Å². The molecule has 0 aliphatic rings. The number of hydrogen-bond donors (Lipinski definition) is 1. The Morgan fingerprint density at radius 1 is 1.17 bits per heavy atom. The van der Waals surface area contributed by atoms with Crippen molar-refractivity contribution in [2.75, 3.05) is 13.7 Å². The Kier molecular flexibility index (Phi) is 6.17. The molecule has 23 heavy (non-hydrogen) atoms. The number of carbonyl (C=O) groups is 1. The molecule has 2 rings (SSSR count). The van der Waals surface area contributed by atoms with Crippen molar-refractivity contribution in [2.24, 2.45) is 5.16 Å². The molecular formula is C18H20N2O3. The van der Waals surface area contributed by atoms with Crippen molar-refractivity contribution in [1.29, 1.82) is 0 Å². The van der Waals surface area contributed by atoms with Gasteiger partial charge in [0.05, 0.1) is 13.3 Å². The topological polar surface area (TPSA) is 59.9 Å². The zero-order chi connectivity index (χ0) is 16.5. The van der Waals surface area contributed by atoms with Crippen LogP contribution in [0.5, 0.6) is 5.75 Å². The highest BCUT2D eigenvalue weighted by molar-refractivity contribution is 5.80. The predicted molar refractivity (Wildman–Crippen MR) is 89.6 cm³/mol. The van der Waals surface area contributed by atoms with E-state index < -0.39 is 0 Å². The molecule has 0 heterocycles. The number of benzene rings is 2. The highest BCUT2D eigenvalue weighted by Crippen LogP contribution is 2.09. The molecule has 1 N–H and O–H groups in total. The van der Waals surface area contributed by atoms with E-state index in [1.807, 2.05) is 55.5 Å². The average Bonchev–Trinajstić information content (AvgIpc) is 2.58. The first-order chi connectivity index (χ1) is 11.2. The molecule has 0 saturated carbocycles. The highest BCUT2D eigenvalue weighted by atomic mass is 16.6. The molecule has 2 aromatic rings. The summed E-state index contributed by atoms with van der Waals surface area (Å²) in [5.74, 6) is 0.568. The summed E-state index contributed by atoms with van der Waals surface area (Å²) in [4.78, 5) is 16.7. The average molecular weight is 312 g/mol. The van der Waals surface area contributed by atoms with E-state index in [9.17, 15) is 4.79 Å². The van der Waals surface area contributed by atoms with Gasteiger partial charge in [0, 0.05) is 6.54 Å². The highest BCUT2D eigenvalue weighted by Gasteiger charge is 2.02. The predicted octanol–water partition coefficient (Wildman–Crippen LogP) is 2.67. The van der Waals surface area contributed by atoms with Crippen molar-refractivity contribution in [1.82, 2.24) is 5.32 Å². The molecule has 0 saturated heterocycles. The second-order valence-electron chi connectivity index (χ2n) is 4.98. The molecule has 0 unspecified atom stereocenters. The molecule has 5 heteroatoms. The van der Waals surface area contributed by atoms with Crippen molar-refractivity contribution in [3.8, 4) is 5.75 Å². The third-order valence-electron chi connectivity index (χ3n) is 3.33. The second-order valence-corrected chi connectivity index (χ2v) is 4.98. The van der Waals surface area contributed by atoms with Gasteiger partial charge in [0.25, 0.3) is 5.91 Å². The first-order valence-electron chi connectivity index (χ1n) is 7.29.